The summed E-state index contributed by atoms with van der Waals surface area (Å²) in [6.45, 7) is 1.20. The minimum Gasteiger partial charge on any atom is -0.481 e. The highest BCUT2D eigenvalue weighted by Crippen LogP contribution is 2.54. The van der Waals surface area contributed by atoms with E-state index >= 15 is 0 Å². The Morgan fingerprint density at radius 1 is 1.50 bits per heavy atom. The number of rotatable bonds is 5. The van der Waals surface area contributed by atoms with Crippen LogP contribution in [-0.4, -0.2) is 33.9 Å². The number of carbonyl (C=O) groups is 2. The molecule has 8 heteroatoms. The highest BCUT2D eigenvalue weighted by atomic mass is 79.9. The van der Waals surface area contributed by atoms with Gasteiger partial charge in [-0.05, 0) is 19.8 Å². The molecule has 4 nitrogen and oxygen atoms in total. The van der Waals surface area contributed by atoms with Crippen LogP contribution in [-0.2, 0) is 9.59 Å². The molecule has 0 fully saturated rings. The predicted molar refractivity (Wildman–Crippen MR) is 72.3 cm³/mol. The Morgan fingerprint density at radius 3 is 2.40 bits per heavy atom. The molecule has 1 aliphatic rings. The Balaban J connectivity index is 3.49. The molecule has 0 aromatic carbocycles. The fraction of sp³-hybridized carbons (Fsp3) is 0.667. The maximum Gasteiger partial charge on any atom is 0.316 e. The van der Waals surface area contributed by atoms with Crippen molar-refractivity contribution in [2.45, 2.75) is 26.2 Å². The van der Waals surface area contributed by atoms with E-state index < -0.39 is 41.5 Å². The van der Waals surface area contributed by atoms with Crippen molar-refractivity contribution in [3.05, 3.63) is 11.1 Å². The largest absolute Gasteiger partial charge is 0.481 e. The Hall–Kier alpha value is -0.690. The third-order valence-electron chi connectivity index (χ3n) is 3.74. The lowest BCUT2D eigenvalue weighted by molar-refractivity contribution is -0.173. The van der Waals surface area contributed by atoms with E-state index in [1.54, 1.807) is 0 Å². The number of alkyl halides is 3. The van der Waals surface area contributed by atoms with Crippen LogP contribution in [0.3, 0.4) is 0 Å². The quantitative estimate of drug-likeness (QED) is 0.723. The van der Waals surface area contributed by atoms with Gasteiger partial charge in [-0.25, -0.2) is 8.78 Å². The van der Waals surface area contributed by atoms with Gasteiger partial charge in [-0.1, -0.05) is 33.6 Å². The monoisotopic (exact) mass is 374 g/mol. The second-order valence-corrected chi connectivity index (χ2v) is 6.33. The van der Waals surface area contributed by atoms with E-state index in [1.165, 1.54) is 13.0 Å². The molecule has 0 aliphatic heterocycles. The molecule has 2 N–H and O–H groups in total. The molecular formula is C12H14BrClF2O4. The van der Waals surface area contributed by atoms with Gasteiger partial charge in [0.25, 0.3) is 6.43 Å². The van der Waals surface area contributed by atoms with Crippen LogP contribution in [0.5, 0.6) is 0 Å². The fourth-order valence-electron chi connectivity index (χ4n) is 2.62. The number of aliphatic carboxylic acids is 2. The number of hydrogen-bond donors (Lipinski definition) is 2. The number of allylic oxidation sites excluding steroid dienone is 1. The average molecular weight is 376 g/mol. The number of halogens is 4. The van der Waals surface area contributed by atoms with Gasteiger partial charge < -0.3 is 10.2 Å². The summed E-state index contributed by atoms with van der Waals surface area (Å²) in [5, 5.41) is 18.6. The molecule has 1 aliphatic carbocycles. The van der Waals surface area contributed by atoms with Gasteiger partial charge in [0.2, 0.25) is 0 Å². The average Bonchev–Trinajstić information content (AvgIpc) is 2.31. The zero-order chi connectivity index (χ0) is 15.7. The second-order valence-electron chi connectivity index (χ2n) is 5.11. The summed E-state index contributed by atoms with van der Waals surface area (Å²) in [4.78, 5) is 22.8. The van der Waals surface area contributed by atoms with Crippen LogP contribution in [0.1, 0.15) is 19.8 Å². The summed E-state index contributed by atoms with van der Waals surface area (Å²) in [7, 11) is 0. The van der Waals surface area contributed by atoms with E-state index in [1.807, 2.05) is 0 Å². The number of carboxylic acid groups (broad SMARTS) is 2. The molecule has 20 heavy (non-hydrogen) atoms. The highest BCUT2D eigenvalue weighted by Gasteiger charge is 2.61. The zero-order valence-corrected chi connectivity index (χ0v) is 12.9. The minimum atomic E-state index is -3.22. The Bertz CT molecular complexity index is 457. The summed E-state index contributed by atoms with van der Waals surface area (Å²) in [6.07, 6.45) is -2.66. The smallest absolute Gasteiger partial charge is 0.316 e. The summed E-state index contributed by atoms with van der Waals surface area (Å²) in [5.74, 6) is -4.22. The second kappa shape index (κ2) is 5.97. The predicted octanol–water partition coefficient (Wildman–Crippen LogP) is 3.34. The van der Waals surface area contributed by atoms with E-state index in [2.05, 4.69) is 15.9 Å². The van der Waals surface area contributed by atoms with Gasteiger partial charge in [0.1, 0.15) is 5.41 Å². The van der Waals surface area contributed by atoms with Crippen LogP contribution in [0.2, 0.25) is 0 Å². The van der Waals surface area contributed by atoms with E-state index in [4.69, 9.17) is 11.6 Å². The number of hydrogen-bond acceptors (Lipinski definition) is 2. The van der Waals surface area contributed by atoms with Crippen molar-refractivity contribution in [3.63, 3.8) is 0 Å². The maximum absolute atomic E-state index is 13.5. The van der Waals surface area contributed by atoms with Gasteiger partial charge in [0, 0.05) is 16.3 Å². The van der Waals surface area contributed by atoms with E-state index in [0.29, 0.717) is 0 Å². The lowest BCUT2D eigenvalue weighted by Crippen LogP contribution is -2.52. The normalized spacial score (nSPS) is 33.9. The Labute approximate surface area is 127 Å². The molecule has 0 aromatic rings. The summed E-state index contributed by atoms with van der Waals surface area (Å²) in [5.41, 5.74) is -4.22. The van der Waals surface area contributed by atoms with Crippen molar-refractivity contribution in [1.82, 2.24) is 0 Å². The molecule has 3 atom stereocenters. The van der Waals surface area contributed by atoms with Gasteiger partial charge in [-0.3, -0.25) is 9.59 Å². The van der Waals surface area contributed by atoms with Gasteiger partial charge in [0.15, 0.2) is 0 Å². The molecule has 0 saturated heterocycles. The molecule has 0 spiro atoms. The van der Waals surface area contributed by atoms with Crippen molar-refractivity contribution in [3.8, 4) is 0 Å². The first-order valence-electron chi connectivity index (χ1n) is 5.81. The molecule has 0 radical (unpaired) electrons. The van der Waals surface area contributed by atoms with Crippen LogP contribution in [0.15, 0.2) is 11.1 Å². The lowest BCUT2D eigenvalue weighted by atomic mass is 9.60. The molecule has 0 amide bonds. The topological polar surface area (TPSA) is 74.6 Å². The first-order chi connectivity index (χ1) is 9.11. The first-order valence-corrected chi connectivity index (χ1v) is 7.31. The van der Waals surface area contributed by atoms with Gasteiger partial charge >= 0.3 is 11.9 Å². The standard InChI is InChI=1S/C12H14BrClF2O4/c1-11(9(17)18)4-7(14)6(2-3-13)12(5-11,8(15)16)10(19)20/h4,6,8H,2-3,5H2,1H3,(H,17,18)(H,19,20). The molecule has 0 aromatic heterocycles. The van der Waals surface area contributed by atoms with Crippen LogP contribution in [0, 0.1) is 16.7 Å². The third-order valence-corrected chi connectivity index (χ3v) is 4.58. The third kappa shape index (κ3) is 2.70. The SMILES string of the molecule is CC1(C(=O)O)C=C(Cl)C(CCBr)C(C(=O)O)(C(F)F)C1. The van der Waals surface area contributed by atoms with Crippen molar-refractivity contribution >= 4 is 39.5 Å². The van der Waals surface area contributed by atoms with Crippen molar-refractivity contribution in [1.29, 1.82) is 0 Å². The van der Waals surface area contributed by atoms with Crippen LogP contribution in [0.4, 0.5) is 8.78 Å². The molecule has 0 saturated carbocycles. The summed E-state index contributed by atoms with van der Waals surface area (Å²) < 4.78 is 27.0. The van der Waals surface area contributed by atoms with E-state index in [0.717, 1.165) is 0 Å². The Kier molecular flexibility index (Phi) is 5.18. The molecule has 1 rings (SSSR count). The van der Waals surface area contributed by atoms with Crippen molar-refractivity contribution in [2.75, 3.05) is 5.33 Å². The van der Waals surface area contributed by atoms with Gasteiger partial charge in [0.05, 0.1) is 5.41 Å². The van der Waals surface area contributed by atoms with Gasteiger partial charge in [-0.2, -0.15) is 0 Å². The number of carboxylic acids is 2. The van der Waals surface area contributed by atoms with Crippen LogP contribution < -0.4 is 0 Å². The van der Waals surface area contributed by atoms with Gasteiger partial charge in [-0.15, -0.1) is 0 Å². The minimum absolute atomic E-state index is 0.0850. The highest BCUT2D eigenvalue weighted by molar-refractivity contribution is 9.09. The van der Waals surface area contributed by atoms with E-state index in [9.17, 15) is 28.6 Å². The maximum atomic E-state index is 13.5. The fourth-order valence-corrected chi connectivity index (χ4v) is 3.62. The summed E-state index contributed by atoms with van der Waals surface area (Å²) >= 11 is 9.02. The lowest BCUT2D eigenvalue weighted by Gasteiger charge is -2.44. The Morgan fingerprint density at radius 2 is 2.05 bits per heavy atom. The van der Waals surface area contributed by atoms with E-state index in [-0.39, 0.29) is 16.8 Å². The molecule has 114 valence electrons. The zero-order valence-electron chi connectivity index (χ0n) is 10.6. The molecule has 0 bridgehead atoms. The van der Waals surface area contributed by atoms with Crippen molar-refractivity contribution < 1.29 is 28.6 Å². The van der Waals surface area contributed by atoms with Crippen molar-refractivity contribution in [2.24, 2.45) is 16.7 Å². The molecular weight excluding hydrogens is 361 g/mol. The van der Waals surface area contributed by atoms with Crippen LogP contribution in [0.25, 0.3) is 0 Å². The first kappa shape index (κ1) is 17.4. The summed E-state index contributed by atoms with van der Waals surface area (Å²) in [6, 6.07) is 0. The van der Waals surface area contributed by atoms with Crippen LogP contribution >= 0.6 is 27.5 Å². The molecule has 3 unspecified atom stereocenters. The molecule has 0 heterocycles.